The first-order chi connectivity index (χ1) is 6.86. The van der Waals surface area contributed by atoms with Gasteiger partial charge in [-0.2, -0.15) is 0 Å². The predicted molar refractivity (Wildman–Crippen MR) is 53.8 cm³/mol. The summed E-state index contributed by atoms with van der Waals surface area (Å²) < 4.78 is 16.9. The average Bonchev–Trinajstić information content (AvgIpc) is 2.24. The topological polar surface area (TPSA) is 35.2 Å². The standard InChI is InChI=1S/C11H12FNO/c12-6-8-14-11-5-1-3-10(9-11)4-2-7-13/h1,3,5,9H,6-8,13H2. The molecule has 0 unspecified atom stereocenters. The maximum Gasteiger partial charge on any atom is 0.123 e. The summed E-state index contributed by atoms with van der Waals surface area (Å²) in [6, 6.07) is 7.20. The van der Waals surface area contributed by atoms with Crippen molar-refractivity contribution in [1.29, 1.82) is 0 Å². The molecule has 0 aromatic heterocycles. The molecule has 0 aliphatic heterocycles. The van der Waals surface area contributed by atoms with Gasteiger partial charge in [-0.05, 0) is 18.2 Å². The molecule has 14 heavy (non-hydrogen) atoms. The molecule has 74 valence electrons. The molecule has 0 radical (unpaired) electrons. The number of hydrogen-bond acceptors (Lipinski definition) is 2. The number of halogens is 1. The lowest BCUT2D eigenvalue weighted by Gasteiger charge is -2.02. The van der Waals surface area contributed by atoms with E-state index in [0.29, 0.717) is 12.3 Å². The van der Waals surface area contributed by atoms with E-state index in [1.54, 1.807) is 12.1 Å². The molecular weight excluding hydrogens is 181 g/mol. The van der Waals surface area contributed by atoms with E-state index in [1.807, 2.05) is 12.1 Å². The average molecular weight is 193 g/mol. The van der Waals surface area contributed by atoms with Gasteiger partial charge in [0, 0.05) is 5.56 Å². The molecule has 0 aliphatic rings. The van der Waals surface area contributed by atoms with Gasteiger partial charge in [0.05, 0.1) is 6.54 Å². The van der Waals surface area contributed by atoms with Crippen molar-refractivity contribution in [3.05, 3.63) is 29.8 Å². The lowest BCUT2D eigenvalue weighted by atomic mass is 10.2. The van der Waals surface area contributed by atoms with E-state index in [0.717, 1.165) is 5.56 Å². The summed E-state index contributed by atoms with van der Waals surface area (Å²) in [6.07, 6.45) is 0. The number of rotatable bonds is 3. The lowest BCUT2D eigenvalue weighted by Crippen LogP contribution is -1.98. The highest BCUT2D eigenvalue weighted by molar-refractivity contribution is 5.39. The minimum atomic E-state index is -0.487. The van der Waals surface area contributed by atoms with Gasteiger partial charge in [0.25, 0.3) is 0 Å². The SMILES string of the molecule is NCC#Cc1cccc(OCCF)c1. The first-order valence-electron chi connectivity index (χ1n) is 4.34. The summed E-state index contributed by atoms with van der Waals surface area (Å²) >= 11 is 0. The lowest BCUT2D eigenvalue weighted by molar-refractivity contribution is 0.273. The predicted octanol–water partition coefficient (Wildman–Crippen LogP) is 1.35. The second-order valence-corrected chi connectivity index (χ2v) is 2.57. The Morgan fingerprint density at radius 3 is 3.00 bits per heavy atom. The fraction of sp³-hybridized carbons (Fsp3) is 0.273. The van der Waals surface area contributed by atoms with E-state index in [2.05, 4.69) is 11.8 Å². The van der Waals surface area contributed by atoms with E-state index in [9.17, 15) is 4.39 Å². The molecule has 0 atom stereocenters. The zero-order valence-corrected chi connectivity index (χ0v) is 7.79. The number of alkyl halides is 1. The van der Waals surface area contributed by atoms with Crippen LogP contribution in [-0.4, -0.2) is 19.8 Å². The number of hydrogen-bond donors (Lipinski definition) is 1. The van der Waals surface area contributed by atoms with Crippen molar-refractivity contribution in [3.8, 4) is 17.6 Å². The van der Waals surface area contributed by atoms with Crippen LogP contribution in [0.25, 0.3) is 0 Å². The van der Waals surface area contributed by atoms with Crippen molar-refractivity contribution < 1.29 is 9.13 Å². The zero-order chi connectivity index (χ0) is 10.2. The Bertz CT molecular complexity index is 341. The Morgan fingerprint density at radius 2 is 2.29 bits per heavy atom. The Hall–Kier alpha value is -1.53. The van der Waals surface area contributed by atoms with Gasteiger partial charge in [-0.15, -0.1) is 0 Å². The fourth-order valence-corrected chi connectivity index (χ4v) is 0.973. The van der Waals surface area contributed by atoms with Gasteiger partial charge in [0.2, 0.25) is 0 Å². The van der Waals surface area contributed by atoms with E-state index in [-0.39, 0.29) is 6.61 Å². The van der Waals surface area contributed by atoms with Gasteiger partial charge in [0.1, 0.15) is 19.0 Å². The molecule has 0 bridgehead atoms. The summed E-state index contributed by atoms with van der Waals surface area (Å²) in [5, 5.41) is 0. The monoisotopic (exact) mass is 193 g/mol. The summed E-state index contributed by atoms with van der Waals surface area (Å²) in [5.74, 6) is 6.24. The molecule has 0 saturated carbocycles. The third kappa shape index (κ3) is 3.46. The van der Waals surface area contributed by atoms with E-state index in [4.69, 9.17) is 10.5 Å². The van der Waals surface area contributed by atoms with E-state index in [1.165, 1.54) is 0 Å². The summed E-state index contributed by atoms with van der Waals surface area (Å²) in [7, 11) is 0. The van der Waals surface area contributed by atoms with Crippen molar-refractivity contribution in [3.63, 3.8) is 0 Å². The summed E-state index contributed by atoms with van der Waals surface area (Å²) in [5.41, 5.74) is 6.07. The maximum atomic E-state index is 11.8. The molecule has 0 fully saturated rings. The first kappa shape index (κ1) is 10.6. The second-order valence-electron chi connectivity index (χ2n) is 2.57. The molecule has 2 N–H and O–H groups in total. The molecule has 0 aliphatic carbocycles. The van der Waals surface area contributed by atoms with Crippen molar-refractivity contribution >= 4 is 0 Å². The highest BCUT2D eigenvalue weighted by Gasteiger charge is 1.93. The van der Waals surface area contributed by atoms with Gasteiger partial charge in [-0.3, -0.25) is 0 Å². The molecule has 0 amide bonds. The van der Waals surface area contributed by atoms with Gasteiger partial charge in [-0.1, -0.05) is 17.9 Å². The normalized spacial score (nSPS) is 9.00. The minimum Gasteiger partial charge on any atom is -0.491 e. The first-order valence-corrected chi connectivity index (χ1v) is 4.34. The highest BCUT2D eigenvalue weighted by Crippen LogP contribution is 2.12. The fourth-order valence-electron chi connectivity index (χ4n) is 0.973. The molecule has 1 aromatic carbocycles. The zero-order valence-electron chi connectivity index (χ0n) is 7.79. The minimum absolute atomic E-state index is 0.0772. The van der Waals surface area contributed by atoms with Crippen LogP contribution < -0.4 is 10.5 Å². The molecule has 0 spiro atoms. The van der Waals surface area contributed by atoms with Crippen LogP contribution in [0.1, 0.15) is 5.56 Å². The highest BCUT2D eigenvalue weighted by atomic mass is 19.1. The van der Waals surface area contributed by atoms with Crippen LogP contribution in [0.15, 0.2) is 24.3 Å². The van der Waals surface area contributed by atoms with Gasteiger partial charge in [0.15, 0.2) is 0 Å². The molecule has 0 saturated heterocycles. The largest absolute Gasteiger partial charge is 0.491 e. The second kappa shape index (κ2) is 6.01. The van der Waals surface area contributed by atoms with Gasteiger partial charge >= 0.3 is 0 Å². The molecule has 1 rings (SSSR count). The van der Waals surface area contributed by atoms with Crippen LogP contribution in [0.5, 0.6) is 5.75 Å². The third-order valence-corrected chi connectivity index (χ3v) is 1.51. The van der Waals surface area contributed by atoms with E-state index < -0.39 is 6.67 Å². The summed E-state index contributed by atoms with van der Waals surface area (Å²) in [4.78, 5) is 0. The van der Waals surface area contributed by atoms with Crippen molar-refractivity contribution in [2.45, 2.75) is 0 Å². The maximum absolute atomic E-state index is 11.8. The molecule has 2 nitrogen and oxygen atoms in total. The van der Waals surface area contributed by atoms with Crippen molar-refractivity contribution in [2.75, 3.05) is 19.8 Å². The van der Waals surface area contributed by atoms with Crippen LogP contribution >= 0.6 is 0 Å². The van der Waals surface area contributed by atoms with Gasteiger partial charge < -0.3 is 10.5 Å². The van der Waals surface area contributed by atoms with Crippen LogP contribution in [0, 0.1) is 11.8 Å². The molecule has 0 heterocycles. The Balaban J connectivity index is 2.68. The van der Waals surface area contributed by atoms with E-state index >= 15 is 0 Å². The van der Waals surface area contributed by atoms with Crippen LogP contribution in [0.4, 0.5) is 4.39 Å². The quantitative estimate of drug-likeness (QED) is 0.735. The van der Waals surface area contributed by atoms with Crippen LogP contribution in [-0.2, 0) is 0 Å². The Morgan fingerprint density at radius 1 is 1.43 bits per heavy atom. The van der Waals surface area contributed by atoms with Crippen molar-refractivity contribution in [1.82, 2.24) is 0 Å². The molecular formula is C11H12FNO. The molecule has 1 aromatic rings. The number of benzene rings is 1. The number of ether oxygens (including phenoxy) is 1. The Kier molecular flexibility index (Phi) is 4.53. The van der Waals surface area contributed by atoms with Gasteiger partial charge in [-0.25, -0.2) is 4.39 Å². The van der Waals surface area contributed by atoms with Crippen LogP contribution in [0.2, 0.25) is 0 Å². The summed E-state index contributed by atoms with van der Waals surface area (Å²) in [6.45, 7) is -0.0813. The number of nitrogens with two attached hydrogens (primary N) is 1. The van der Waals surface area contributed by atoms with Crippen LogP contribution in [0.3, 0.4) is 0 Å². The van der Waals surface area contributed by atoms with Crippen molar-refractivity contribution in [2.24, 2.45) is 5.73 Å². The molecule has 3 heteroatoms. The Labute approximate surface area is 82.9 Å². The smallest absolute Gasteiger partial charge is 0.123 e. The third-order valence-electron chi connectivity index (χ3n) is 1.51.